The molecule has 0 spiro atoms. The largest absolute Gasteiger partial charge is 0.384 e. The lowest BCUT2D eigenvalue weighted by Crippen LogP contribution is -2.37. The monoisotopic (exact) mass is 272 g/mol. The molecule has 2 aliphatic rings. The smallest absolute Gasteiger partial charge is 0.251 e. The Kier molecular flexibility index (Phi) is 3.95. The lowest BCUT2D eigenvalue weighted by Gasteiger charge is -2.28. The summed E-state index contributed by atoms with van der Waals surface area (Å²) in [5.74, 6) is 0.967. The number of hydrogen-bond acceptors (Lipinski definition) is 2. The summed E-state index contributed by atoms with van der Waals surface area (Å²) < 4.78 is 0. The number of benzene rings is 1. The predicted octanol–water partition coefficient (Wildman–Crippen LogP) is 3.35. The molecule has 3 nitrogen and oxygen atoms in total. The molecule has 0 unspecified atom stereocenters. The topological polar surface area (TPSA) is 41.1 Å². The molecule has 1 aliphatic carbocycles. The fourth-order valence-electron chi connectivity index (χ4n) is 3.43. The molecule has 2 N–H and O–H groups in total. The van der Waals surface area contributed by atoms with Crippen molar-refractivity contribution in [2.45, 2.75) is 51.5 Å². The predicted molar refractivity (Wildman–Crippen MR) is 82.1 cm³/mol. The van der Waals surface area contributed by atoms with E-state index < -0.39 is 0 Å². The van der Waals surface area contributed by atoms with Crippen LogP contribution in [0, 0.1) is 5.92 Å². The van der Waals surface area contributed by atoms with Crippen molar-refractivity contribution in [3.8, 4) is 0 Å². The zero-order chi connectivity index (χ0) is 13.9. The fourth-order valence-corrected chi connectivity index (χ4v) is 3.43. The molecule has 3 rings (SSSR count). The van der Waals surface area contributed by atoms with Crippen LogP contribution >= 0.6 is 0 Å². The molecular formula is C17H24N2O. The number of carbonyl (C=O) groups is 1. The van der Waals surface area contributed by atoms with Crippen LogP contribution in [0.25, 0.3) is 0 Å². The van der Waals surface area contributed by atoms with Gasteiger partial charge in [0, 0.05) is 23.8 Å². The molecule has 0 saturated heterocycles. The average molecular weight is 272 g/mol. The second-order valence-electron chi connectivity index (χ2n) is 6.15. The van der Waals surface area contributed by atoms with Gasteiger partial charge in [0.1, 0.15) is 0 Å². The van der Waals surface area contributed by atoms with Gasteiger partial charge in [0.25, 0.3) is 5.91 Å². The normalized spacial score (nSPS) is 24.9. The first kappa shape index (κ1) is 13.5. The summed E-state index contributed by atoms with van der Waals surface area (Å²) in [5.41, 5.74) is 3.27. The highest BCUT2D eigenvalue weighted by atomic mass is 16.1. The molecule has 1 saturated carbocycles. The van der Waals surface area contributed by atoms with E-state index in [1.165, 1.54) is 30.5 Å². The van der Waals surface area contributed by atoms with Crippen molar-refractivity contribution in [2.24, 2.45) is 5.92 Å². The Morgan fingerprint density at radius 2 is 2.10 bits per heavy atom. The number of nitrogens with one attached hydrogen (secondary N) is 2. The highest BCUT2D eigenvalue weighted by Crippen LogP contribution is 2.27. The lowest BCUT2D eigenvalue weighted by atomic mass is 9.84. The molecule has 1 aliphatic heterocycles. The van der Waals surface area contributed by atoms with E-state index in [9.17, 15) is 4.79 Å². The van der Waals surface area contributed by atoms with E-state index in [1.807, 2.05) is 18.2 Å². The maximum Gasteiger partial charge on any atom is 0.251 e. The molecule has 108 valence electrons. The van der Waals surface area contributed by atoms with Gasteiger partial charge >= 0.3 is 0 Å². The van der Waals surface area contributed by atoms with Gasteiger partial charge in [-0.15, -0.1) is 0 Å². The Bertz CT molecular complexity index is 490. The van der Waals surface area contributed by atoms with E-state index in [-0.39, 0.29) is 5.91 Å². The minimum Gasteiger partial charge on any atom is -0.384 e. The summed E-state index contributed by atoms with van der Waals surface area (Å²) in [5, 5.41) is 6.54. The van der Waals surface area contributed by atoms with Gasteiger partial charge in [-0.3, -0.25) is 4.79 Å². The van der Waals surface area contributed by atoms with Gasteiger partial charge in [0.05, 0.1) is 0 Å². The van der Waals surface area contributed by atoms with Crippen LogP contribution in [-0.4, -0.2) is 18.5 Å². The Balaban J connectivity index is 1.59. The van der Waals surface area contributed by atoms with Crippen LogP contribution in [0.3, 0.4) is 0 Å². The molecule has 20 heavy (non-hydrogen) atoms. The average Bonchev–Trinajstić information content (AvgIpc) is 2.95. The molecule has 1 aromatic carbocycles. The van der Waals surface area contributed by atoms with Crippen LogP contribution in [0.1, 0.15) is 54.9 Å². The van der Waals surface area contributed by atoms with E-state index in [0.717, 1.165) is 37.3 Å². The maximum atomic E-state index is 12.3. The highest BCUT2D eigenvalue weighted by molar-refractivity contribution is 5.95. The zero-order valence-corrected chi connectivity index (χ0v) is 12.2. The standard InChI is InChI=1S/C17H24N2O/c1-2-12-3-6-15(7-4-12)19-17(20)14-5-8-16-13(11-14)9-10-18-16/h5,8,11-12,15,18H,2-4,6-7,9-10H2,1H3,(H,19,20). The molecule has 1 heterocycles. The first-order chi connectivity index (χ1) is 9.76. The second-order valence-corrected chi connectivity index (χ2v) is 6.15. The molecule has 1 amide bonds. The van der Waals surface area contributed by atoms with Crippen molar-refractivity contribution in [2.75, 3.05) is 11.9 Å². The van der Waals surface area contributed by atoms with Crippen molar-refractivity contribution in [3.63, 3.8) is 0 Å². The molecule has 1 fully saturated rings. The summed E-state index contributed by atoms with van der Waals surface area (Å²) in [4.78, 5) is 12.3. The Morgan fingerprint density at radius 1 is 1.30 bits per heavy atom. The van der Waals surface area contributed by atoms with E-state index in [2.05, 4.69) is 17.6 Å². The first-order valence-corrected chi connectivity index (χ1v) is 7.94. The van der Waals surface area contributed by atoms with E-state index in [1.54, 1.807) is 0 Å². The van der Waals surface area contributed by atoms with Gasteiger partial charge in [-0.1, -0.05) is 13.3 Å². The SMILES string of the molecule is CCC1CCC(NC(=O)c2ccc3c(c2)CCN3)CC1. The van der Waals surface area contributed by atoms with Gasteiger partial charge in [0.2, 0.25) is 0 Å². The van der Waals surface area contributed by atoms with Crippen LogP contribution in [-0.2, 0) is 6.42 Å². The summed E-state index contributed by atoms with van der Waals surface area (Å²) in [6, 6.07) is 6.38. The van der Waals surface area contributed by atoms with Crippen LogP contribution in [0.15, 0.2) is 18.2 Å². The van der Waals surface area contributed by atoms with Crippen molar-refractivity contribution in [1.82, 2.24) is 5.32 Å². The Morgan fingerprint density at radius 3 is 2.85 bits per heavy atom. The van der Waals surface area contributed by atoms with E-state index >= 15 is 0 Å². The highest BCUT2D eigenvalue weighted by Gasteiger charge is 2.22. The Hall–Kier alpha value is -1.51. The van der Waals surface area contributed by atoms with Crippen molar-refractivity contribution < 1.29 is 4.79 Å². The van der Waals surface area contributed by atoms with Crippen LogP contribution < -0.4 is 10.6 Å². The molecule has 0 bridgehead atoms. The number of carbonyl (C=O) groups excluding carboxylic acids is 1. The first-order valence-electron chi connectivity index (χ1n) is 7.94. The summed E-state index contributed by atoms with van der Waals surface area (Å²) in [6.45, 7) is 3.25. The number of rotatable bonds is 3. The third-order valence-corrected chi connectivity index (χ3v) is 4.84. The second kappa shape index (κ2) is 5.86. The van der Waals surface area contributed by atoms with E-state index in [0.29, 0.717) is 6.04 Å². The molecule has 0 atom stereocenters. The molecule has 3 heteroatoms. The zero-order valence-electron chi connectivity index (χ0n) is 12.2. The van der Waals surface area contributed by atoms with Crippen molar-refractivity contribution >= 4 is 11.6 Å². The Labute approximate surface area is 121 Å². The van der Waals surface area contributed by atoms with Gasteiger partial charge in [-0.25, -0.2) is 0 Å². The van der Waals surface area contributed by atoms with Gasteiger partial charge in [-0.2, -0.15) is 0 Å². The van der Waals surface area contributed by atoms with Crippen molar-refractivity contribution in [1.29, 1.82) is 0 Å². The van der Waals surface area contributed by atoms with Gasteiger partial charge < -0.3 is 10.6 Å². The minimum atomic E-state index is 0.0969. The summed E-state index contributed by atoms with van der Waals surface area (Å²) in [6.07, 6.45) is 7.09. The molecular weight excluding hydrogens is 248 g/mol. The van der Waals surface area contributed by atoms with E-state index in [4.69, 9.17) is 0 Å². The number of hydrogen-bond donors (Lipinski definition) is 2. The summed E-state index contributed by atoms with van der Waals surface area (Å²) in [7, 11) is 0. The summed E-state index contributed by atoms with van der Waals surface area (Å²) >= 11 is 0. The van der Waals surface area contributed by atoms with Crippen LogP contribution in [0.5, 0.6) is 0 Å². The molecule has 0 aromatic heterocycles. The van der Waals surface area contributed by atoms with Crippen LogP contribution in [0.4, 0.5) is 5.69 Å². The number of fused-ring (bicyclic) bond motifs is 1. The fraction of sp³-hybridized carbons (Fsp3) is 0.588. The van der Waals surface area contributed by atoms with Crippen LogP contribution in [0.2, 0.25) is 0 Å². The van der Waals surface area contributed by atoms with Gasteiger partial charge in [-0.05, 0) is 61.8 Å². The van der Waals surface area contributed by atoms with Crippen molar-refractivity contribution in [3.05, 3.63) is 29.3 Å². The third kappa shape index (κ3) is 2.82. The number of anilines is 1. The molecule has 0 radical (unpaired) electrons. The maximum absolute atomic E-state index is 12.3. The third-order valence-electron chi connectivity index (χ3n) is 4.84. The number of amides is 1. The minimum absolute atomic E-state index is 0.0969. The lowest BCUT2D eigenvalue weighted by molar-refractivity contribution is 0.0921. The van der Waals surface area contributed by atoms with Gasteiger partial charge in [0.15, 0.2) is 0 Å². The quantitative estimate of drug-likeness (QED) is 0.886. The molecule has 1 aromatic rings.